The van der Waals surface area contributed by atoms with E-state index < -0.39 is 0 Å². The van der Waals surface area contributed by atoms with Crippen molar-refractivity contribution < 1.29 is 9.47 Å². The molecule has 1 aliphatic rings. The van der Waals surface area contributed by atoms with Crippen LogP contribution in [0.4, 0.5) is 0 Å². The van der Waals surface area contributed by atoms with Crippen LogP contribution in [0.3, 0.4) is 0 Å². The lowest BCUT2D eigenvalue weighted by atomic mass is 10.2. The lowest BCUT2D eigenvalue weighted by Gasteiger charge is -2.22. The molecule has 0 spiro atoms. The van der Waals surface area contributed by atoms with E-state index in [4.69, 9.17) is 14.7 Å². The van der Waals surface area contributed by atoms with Crippen molar-refractivity contribution in [1.29, 1.82) is 5.26 Å². The Morgan fingerprint density at radius 2 is 2.32 bits per heavy atom. The van der Waals surface area contributed by atoms with E-state index in [1.54, 1.807) is 6.07 Å². The van der Waals surface area contributed by atoms with Gasteiger partial charge in [0.1, 0.15) is 11.8 Å². The quantitative estimate of drug-likeness (QED) is 0.734. The third-order valence-electron chi connectivity index (χ3n) is 3.45. The minimum absolute atomic E-state index is 0.548. The summed E-state index contributed by atoms with van der Waals surface area (Å²) < 4.78 is 11.0. The van der Waals surface area contributed by atoms with Crippen LogP contribution >= 0.6 is 0 Å². The molecule has 1 heterocycles. The Bertz CT molecular complexity index is 436. The first-order valence-corrected chi connectivity index (χ1v) is 6.71. The number of para-hydroxylation sites is 1. The van der Waals surface area contributed by atoms with Gasteiger partial charge in [-0.2, -0.15) is 5.26 Å². The molecule has 19 heavy (non-hydrogen) atoms. The van der Waals surface area contributed by atoms with Gasteiger partial charge in [-0.05, 0) is 32.0 Å². The Labute approximate surface area is 114 Å². The summed E-state index contributed by atoms with van der Waals surface area (Å²) in [6, 6.07) is 10.0. The Hall–Kier alpha value is -1.57. The second-order valence-corrected chi connectivity index (χ2v) is 4.81. The van der Waals surface area contributed by atoms with E-state index in [-0.39, 0.29) is 0 Å². The van der Waals surface area contributed by atoms with Crippen molar-refractivity contribution in [2.45, 2.75) is 18.9 Å². The average Bonchev–Trinajstić information content (AvgIpc) is 2.98. The van der Waals surface area contributed by atoms with Crippen molar-refractivity contribution in [3.8, 4) is 11.8 Å². The number of likely N-dealkylation sites (N-methyl/N-ethyl adjacent to an activating group) is 1. The molecule has 0 aromatic heterocycles. The highest BCUT2D eigenvalue weighted by Crippen LogP contribution is 2.17. The normalized spacial score (nSPS) is 18.5. The van der Waals surface area contributed by atoms with E-state index in [9.17, 15) is 0 Å². The molecule has 4 nitrogen and oxygen atoms in total. The van der Waals surface area contributed by atoms with Crippen LogP contribution in [0.2, 0.25) is 0 Å². The maximum Gasteiger partial charge on any atom is 0.137 e. The van der Waals surface area contributed by atoms with Gasteiger partial charge in [-0.3, -0.25) is 0 Å². The van der Waals surface area contributed by atoms with Crippen LogP contribution in [0.15, 0.2) is 24.3 Å². The Balaban J connectivity index is 1.70. The van der Waals surface area contributed by atoms with E-state index >= 15 is 0 Å². The topological polar surface area (TPSA) is 45.5 Å². The number of ether oxygens (including phenoxy) is 2. The average molecular weight is 260 g/mol. The molecule has 1 aromatic carbocycles. The van der Waals surface area contributed by atoms with Gasteiger partial charge < -0.3 is 14.4 Å². The van der Waals surface area contributed by atoms with Crippen molar-refractivity contribution in [3.05, 3.63) is 29.8 Å². The largest absolute Gasteiger partial charge is 0.492 e. The summed E-state index contributed by atoms with van der Waals surface area (Å²) in [5.41, 5.74) is 0.597. The Morgan fingerprint density at radius 3 is 3.05 bits per heavy atom. The van der Waals surface area contributed by atoms with Gasteiger partial charge in [0.2, 0.25) is 0 Å². The maximum atomic E-state index is 8.95. The summed E-state index contributed by atoms with van der Waals surface area (Å²) in [5.74, 6) is 0.678. The van der Waals surface area contributed by atoms with Crippen molar-refractivity contribution >= 4 is 0 Å². The maximum absolute atomic E-state index is 8.95. The third-order valence-corrected chi connectivity index (χ3v) is 3.45. The van der Waals surface area contributed by atoms with Crippen molar-refractivity contribution in [2.24, 2.45) is 0 Å². The molecule has 1 atom stereocenters. The minimum Gasteiger partial charge on any atom is -0.492 e. The first-order valence-electron chi connectivity index (χ1n) is 6.71. The molecular weight excluding hydrogens is 240 g/mol. The van der Waals surface area contributed by atoms with E-state index in [1.165, 1.54) is 0 Å². The molecule has 4 heteroatoms. The first kappa shape index (κ1) is 13.9. The number of nitriles is 1. The van der Waals surface area contributed by atoms with Crippen LogP contribution in [0.25, 0.3) is 0 Å². The fraction of sp³-hybridized carbons (Fsp3) is 0.533. The summed E-state index contributed by atoms with van der Waals surface area (Å²) >= 11 is 0. The molecule has 1 aromatic rings. The van der Waals surface area contributed by atoms with E-state index in [2.05, 4.69) is 18.0 Å². The third kappa shape index (κ3) is 3.95. The van der Waals surface area contributed by atoms with E-state index in [1.807, 2.05) is 18.2 Å². The van der Waals surface area contributed by atoms with E-state index in [0.717, 1.165) is 32.6 Å². The second-order valence-electron chi connectivity index (χ2n) is 4.81. The highest BCUT2D eigenvalue weighted by Gasteiger charge is 2.19. The summed E-state index contributed by atoms with van der Waals surface area (Å²) in [4.78, 5) is 2.33. The molecule has 1 saturated heterocycles. The summed E-state index contributed by atoms with van der Waals surface area (Å²) in [6.45, 7) is 3.34. The summed E-state index contributed by atoms with van der Waals surface area (Å²) in [7, 11) is 2.13. The standard InChI is InChI=1S/C15H20N2O2/c1-17(14-7-10-18-12-14)8-4-9-19-15-6-3-2-5-13(15)11-16/h2-3,5-6,14H,4,7-10,12H2,1H3. The van der Waals surface area contributed by atoms with Gasteiger partial charge in [0.15, 0.2) is 0 Å². The molecule has 2 rings (SSSR count). The fourth-order valence-electron chi connectivity index (χ4n) is 2.23. The zero-order valence-electron chi connectivity index (χ0n) is 11.3. The molecule has 0 N–H and O–H groups in total. The molecule has 0 aliphatic carbocycles. The number of rotatable bonds is 6. The molecule has 1 unspecified atom stereocenters. The fourth-order valence-corrected chi connectivity index (χ4v) is 2.23. The Morgan fingerprint density at radius 1 is 1.47 bits per heavy atom. The van der Waals surface area contributed by atoms with Crippen LogP contribution in [0.5, 0.6) is 5.75 Å². The molecular formula is C15H20N2O2. The van der Waals surface area contributed by atoms with Crippen molar-refractivity contribution in [1.82, 2.24) is 4.90 Å². The van der Waals surface area contributed by atoms with Gasteiger partial charge in [0, 0.05) is 19.2 Å². The number of benzene rings is 1. The summed E-state index contributed by atoms with van der Waals surface area (Å²) in [6.07, 6.45) is 2.07. The first-order chi connectivity index (χ1) is 9.31. The van der Waals surface area contributed by atoms with Crippen LogP contribution in [0.1, 0.15) is 18.4 Å². The van der Waals surface area contributed by atoms with Crippen LogP contribution < -0.4 is 4.74 Å². The number of nitrogens with zero attached hydrogens (tertiary/aromatic N) is 2. The molecule has 0 radical (unpaired) electrons. The zero-order valence-corrected chi connectivity index (χ0v) is 11.3. The minimum atomic E-state index is 0.548. The lowest BCUT2D eigenvalue weighted by Crippen LogP contribution is -2.33. The SMILES string of the molecule is CN(CCCOc1ccccc1C#N)C1CCOC1. The molecule has 102 valence electrons. The van der Waals surface area contributed by atoms with E-state index in [0.29, 0.717) is 24.0 Å². The number of hydrogen-bond acceptors (Lipinski definition) is 4. The highest BCUT2D eigenvalue weighted by atomic mass is 16.5. The number of hydrogen-bond donors (Lipinski definition) is 0. The van der Waals surface area contributed by atoms with Gasteiger partial charge >= 0.3 is 0 Å². The van der Waals surface area contributed by atoms with Gasteiger partial charge in [-0.1, -0.05) is 12.1 Å². The smallest absolute Gasteiger partial charge is 0.137 e. The molecule has 0 amide bonds. The zero-order chi connectivity index (χ0) is 13.5. The predicted octanol–water partition coefficient (Wildman–Crippen LogP) is 2.05. The molecule has 1 fully saturated rings. The molecule has 1 aliphatic heterocycles. The van der Waals surface area contributed by atoms with Gasteiger partial charge in [-0.25, -0.2) is 0 Å². The summed E-state index contributed by atoms with van der Waals surface area (Å²) in [5, 5.41) is 8.95. The van der Waals surface area contributed by atoms with Gasteiger partial charge in [0.05, 0.1) is 18.8 Å². The lowest BCUT2D eigenvalue weighted by molar-refractivity contribution is 0.154. The predicted molar refractivity (Wildman–Crippen MR) is 73.1 cm³/mol. The van der Waals surface area contributed by atoms with Crippen molar-refractivity contribution in [2.75, 3.05) is 33.4 Å². The van der Waals surface area contributed by atoms with Crippen LogP contribution in [0, 0.1) is 11.3 Å². The van der Waals surface area contributed by atoms with Crippen LogP contribution in [-0.4, -0.2) is 44.4 Å². The monoisotopic (exact) mass is 260 g/mol. The van der Waals surface area contributed by atoms with Gasteiger partial charge in [-0.15, -0.1) is 0 Å². The second kappa shape index (κ2) is 7.13. The van der Waals surface area contributed by atoms with Crippen LogP contribution in [-0.2, 0) is 4.74 Å². The van der Waals surface area contributed by atoms with Crippen molar-refractivity contribution in [3.63, 3.8) is 0 Å². The molecule has 0 saturated carbocycles. The highest BCUT2D eigenvalue weighted by molar-refractivity contribution is 5.42. The van der Waals surface area contributed by atoms with Gasteiger partial charge in [0.25, 0.3) is 0 Å². The molecule has 0 bridgehead atoms. The Kier molecular flexibility index (Phi) is 5.20.